The maximum atomic E-state index is 12.6. The Hall–Kier alpha value is -1.11. The number of anilines is 1. The van der Waals surface area contributed by atoms with E-state index in [-0.39, 0.29) is 35.2 Å². The predicted octanol–water partition coefficient (Wildman–Crippen LogP) is 3.15. The van der Waals surface area contributed by atoms with Crippen LogP contribution < -0.4 is 10.6 Å². The van der Waals surface area contributed by atoms with Gasteiger partial charge in [0.2, 0.25) is 5.91 Å². The van der Waals surface area contributed by atoms with Crippen LogP contribution in [-0.2, 0) is 20.4 Å². The van der Waals surface area contributed by atoms with Crippen LogP contribution in [0.2, 0.25) is 0 Å². The first-order valence-electron chi connectivity index (χ1n) is 8.68. The lowest BCUT2D eigenvalue weighted by atomic mass is 10.0. The maximum Gasteiger partial charge on any atom is 0.228 e. The lowest BCUT2D eigenvalue weighted by Crippen LogP contribution is -2.28. The van der Waals surface area contributed by atoms with E-state index in [0.29, 0.717) is 12.2 Å². The molecule has 0 spiro atoms. The first-order valence-corrected chi connectivity index (χ1v) is 10.4. The van der Waals surface area contributed by atoms with E-state index < -0.39 is 9.84 Å². The molecule has 1 aliphatic rings. The van der Waals surface area contributed by atoms with Crippen molar-refractivity contribution in [1.82, 2.24) is 5.32 Å². The van der Waals surface area contributed by atoms with Crippen molar-refractivity contribution in [2.45, 2.75) is 50.0 Å². The van der Waals surface area contributed by atoms with Crippen LogP contribution in [-0.4, -0.2) is 33.2 Å². The van der Waals surface area contributed by atoms with Gasteiger partial charge in [0.05, 0.1) is 11.0 Å². The van der Waals surface area contributed by atoms with Crippen molar-refractivity contribution in [3.63, 3.8) is 0 Å². The normalized spacial score (nSPS) is 16.7. The summed E-state index contributed by atoms with van der Waals surface area (Å²) >= 11 is 0. The molecule has 5 nitrogen and oxygen atoms in total. The third kappa shape index (κ3) is 6.60. The quantitative estimate of drug-likeness (QED) is 0.752. The highest BCUT2D eigenvalue weighted by Crippen LogP contribution is 2.26. The Labute approximate surface area is 157 Å². The Morgan fingerprint density at radius 1 is 1.24 bits per heavy atom. The van der Waals surface area contributed by atoms with Gasteiger partial charge in [-0.2, -0.15) is 0 Å². The third-order valence-corrected chi connectivity index (χ3v) is 6.80. The second-order valence-corrected chi connectivity index (χ2v) is 9.00. The predicted molar refractivity (Wildman–Crippen MR) is 105 cm³/mol. The molecule has 0 radical (unpaired) electrons. The number of sulfone groups is 1. The summed E-state index contributed by atoms with van der Waals surface area (Å²) in [5, 5.41) is 5.62. The average molecular weight is 389 g/mol. The largest absolute Gasteiger partial charge is 0.326 e. The lowest BCUT2D eigenvalue weighted by Gasteiger charge is -2.21. The molecular weight excluding hydrogens is 360 g/mol. The number of nitrogens with one attached hydrogen (secondary N) is 2. The second-order valence-electron chi connectivity index (χ2n) is 6.72. The monoisotopic (exact) mass is 388 g/mol. The molecule has 0 aromatic heterocycles. The fourth-order valence-electron chi connectivity index (χ4n) is 3.18. The minimum absolute atomic E-state index is 0. The number of hydrogen-bond acceptors (Lipinski definition) is 4. The minimum atomic E-state index is -3.13. The lowest BCUT2D eigenvalue weighted by molar-refractivity contribution is -0.119. The number of halogens is 1. The molecule has 1 amide bonds. The van der Waals surface area contributed by atoms with E-state index in [9.17, 15) is 13.2 Å². The van der Waals surface area contributed by atoms with Gasteiger partial charge in [-0.25, -0.2) is 8.42 Å². The fraction of sp³-hybridized carbons (Fsp3) is 0.611. The van der Waals surface area contributed by atoms with Gasteiger partial charge < -0.3 is 10.6 Å². The highest BCUT2D eigenvalue weighted by molar-refractivity contribution is 7.91. The van der Waals surface area contributed by atoms with Gasteiger partial charge in [0.1, 0.15) is 0 Å². The van der Waals surface area contributed by atoms with Gasteiger partial charge in [0.25, 0.3) is 0 Å². The van der Waals surface area contributed by atoms with Gasteiger partial charge in [0.15, 0.2) is 9.84 Å². The Balaban J connectivity index is 0.00000312. The summed E-state index contributed by atoms with van der Waals surface area (Å²) in [7, 11) is -1.32. The molecule has 1 fully saturated rings. The second kappa shape index (κ2) is 10.1. The smallest absolute Gasteiger partial charge is 0.228 e. The Morgan fingerprint density at radius 2 is 1.92 bits per heavy atom. The van der Waals surface area contributed by atoms with Crippen LogP contribution in [0.4, 0.5) is 5.69 Å². The zero-order valence-corrected chi connectivity index (χ0v) is 16.6. The van der Waals surface area contributed by atoms with Gasteiger partial charge >= 0.3 is 0 Å². The topological polar surface area (TPSA) is 75.3 Å². The van der Waals surface area contributed by atoms with E-state index >= 15 is 0 Å². The van der Waals surface area contributed by atoms with Crippen LogP contribution in [0, 0.1) is 5.92 Å². The zero-order valence-electron chi connectivity index (χ0n) is 15.0. The Bertz CT molecular complexity index is 658. The number of carbonyl (C=O) groups excluding carboxylic acids is 1. The van der Waals surface area contributed by atoms with Crippen molar-refractivity contribution < 1.29 is 13.2 Å². The molecular formula is C18H29ClN2O3S. The summed E-state index contributed by atoms with van der Waals surface area (Å²) in [6.07, 6.45) is 4.70. The average Bonchev–Trinajstić information content (AvgIpc) is 2.56. The molecule has 1 aromatic rings. The van der Waals surface area contributed by atoms with Gasteiger partial charge in [-0.3, -0.25) is 4.79 Å². The van der Waals surface area contributed by atoms with E-state index in [0.717, 1.165) is 37.7 Å². The molecule has 7 heteroatoms. The number of carbonyl (C=O) groups is 1. The summed E-state index contributed by atoms with van der Waals surface area (Å²) in [5.41, 5.74) is 1.39. The molecule has 1 unspecified atom stereocenters. The van der Waals surface area contributed by atoms with Crippen LogP contribution in [0.1, 0.15) is 44.6 Å². The van der Waals surface area contributed by atoms with Gasteiger partial charge in [-0.15, -0.1) is 12.4 Å². The molecule has 1 saturated carbocycles. The van der Waals surface area contributed by atoms with Crippen LogP contribution in [0.15, 0.2) is 24.3 Å². The van der Waals surface area contributed by atoms with Crippen LogP contribution >= 0.6 is 12.4 Å². The van der Waals surface area contributed by atoms with Crippen LogP contribution in [0.25, 0.3) is 0 Å². The molecule has 142 valence electrons. The van der Waals surface area contributed by atoms with E-state index in [4.69, 9.17) is 0 Å². The van der Waals surface area contributed by atoms with Gasteiger partial charge in [-0.1, -0.05) is 38.3 Å². The molecule has 1 atom stereocenters. The summed E-state index contributed by atoms with van der Waals surface area (Å²) in [6.45, 7) is 2.45. The molecule has 25 heavy (non-hydrogen) atoms. The highest BCUT2D eigenvalue weighted by Gasteiger charge is 2.27. The molecule has 0 heterocycles. The van der Waals surface area contributed by atoms with Crippen molar-refractivity contribution in [2.24, 2.45) is 5.92 Å². The SMILES string of the molecule is CNCC(C)C(=O)Nc1cccc(CS(=O)(=O)C2CCCCC2)c1.Cl. The first-order chi connectivity index (χ1) is 11.4. The van der Waals surface area contributed by atoms with E-state index in [1.807, 2.05) is 13.0 Å². The number of hydrogen-bond donors (Lipinski definition) is 2. The van der Waals surface area contributed by atoms with Crippen molar-refractivity contribution in [1.29, 1.82) is 0 Å². The van der Waals surface area contributed by atoms with Crippen molar-refractivity contribution >= 4 is 33.8 Å². The molecule has 0 aliphatic heterocycles. The Morgan fingerprint density at radius 3 is 2.56 bits per heavy atom. The van der Waals surface area contributed by atoms with Crippen molar-refractivity contribution in [3.8, 4) is 0 Å². The minimum Gasteiger partial charge on any atom is -0.326 e. The van der Waals surface area contributed by atoms with E-state index in [2.05, 4.69) is 10.6 Å². The van der Waals surface area contributed by atoms with Gasteiger partial charge in [0, 0.05) is 18.2 Å². The summed E-state index contributed by atoms with van der Waals surface area (Å²) in [5.74, 6) is -0.172. The van der Waals surface area contributed by atoms with Gasteiger partial charge in [-0.05, 0) is 37.6 Å². The Kier molecular flexibility index (Phi) is 8.89. The number of benzene rings is 1. The standard InChI is InChI=1S/C18H28N2O3S.ClH/c1-14(12-19-2)18(21)20-16-8-6-7-15(11-16)13-24(22,23)17-9-4-3-5-10-17;/h6-8,11,14,17,19H,3-5,9-10,12-13H2,1-2H3,(H,20,21);1H. The maximum absolute atomic E-state index is 12.6. The summed E-state index contributed by atoms with van der Waals surface area (Å²) in [6, 6.07) is 7.17. The third-order valence-electron chi connectivity index (χ3n) is 4.58. The number of amides is 1. The molecule has 0 bridgehead atoms. The van der Waals surface area contributed by atoms with E-state index in [1.165, 1.54) is 0 Å². The molecule has 2 N–H and O–H groups in total. The van der Waals surface area contributed by atoms with Crippen LogP contribution in [0.5, 0.6) is 0 Å². The molecule has 2 rings (SSSR count). The van der Waals surface area contributed by atoms with Crippen LogP contribution in [0.3, 0.4) is 0 Å². The molecule has 1 aromatic carbocycles. The van der Waals surface area contributed by atoms with E-state index in [1.54, 1.807) is 25.2 Å². The van der Waals surface area contributed by atoms with Crippen molar-refractivity contribution in [2.75, 3.05) is 18.9 Å². The first kappa shape index (κ1) is 21.9. The molecule has 0 saturated heterocycles. The zero-order chi connectivity index (χ0) is 17.6. The fourth-order valence-corrected chi connectivity index (χ4v) is 5.11. The summed E-state index contributed by atoms with van der Waals surface area (Å²) in [4.78, 5) is 12.1. The highest BCUT2D eigenvalue weighted by atomic mass is 35.5. The van der Waals surface area contributed by atoms with Crippen molar-refractivity contribution in [3.05, 3.63) is 29.8 Å². The number of rotatable bonds is 7. The molecule has 1 aliphatic carbocycles. The summed E-state index contributed by atoms with van der Waals surface area (Å²) < 4.78 is 25.2.